The summed E-state index contributed by atoms with van der Waals surface area (Å²) >= 11 is 1.42. The Hall–Kier alpha value is -3.38. The number of amides is 1. The first-order chi connectivity index (χ1) is 15.6. The van der Waals surface area contributed by atoms with Crippen molar-refractivity contribution >= 4 is 23.1 Å². The maximum atomic E-state index is 12.6. The fraction of sp³-hybridized carbons (Fsp3) is 0.231. The molecule has 1 amide bonds. The number of anilines is 1. The van der Waals surface area contributed by atoms with Crippen molar-refractivity contribution in [3.63, 3.8) is 0 Å². The molecular weight excluding hydrogens is 418 g/mol. The second kappa shape index (κ2) is 9.01. The van der Waals surface area contributed by atoms with E-state index in [0.717, 1.165) is 17.7 Å². The van der Waals surface area contributed by atoms with E-state index in [-0.39, 0.29) is 5.91 Å². The molecule has 2 aromatic heterocycles. The number of nitrogens with zero attached hydrogens (tertiary/aromatic N) is 2. The molecule has 0 radical (unpaired) electrons. The molecule has 5 nitrogen and oxygen atoms in total. The zero-order chi connectivity index (χ0) is 21.9. The first kappa shape index (κ1) is 20.5. The van der Waals surface area contributed by atoms with Crippen molar-refractivity contribution in [1.29, 1.82) is 0 Å². The number of thiophene rings is 1. The molecule has 1 aliphatic carbocycles. The van der Waals surface area contributed by atoms with E-state index in [1.807, 2.05) is 34.5 Å². The fourth-order valence-corrected chi connectivity index (χ4v) is 4.74. The molecule has 1 N–H and O–H groups in total. The van der Waals surface area contributed by atoms with Crippen molar-refractivity contribution in [3.8, 4) is 5.75 Å². The number of carbonyl (C=O) groups is 1. The second-order valence-corrected chi connectivity index (χ2v) is 9.14. The third-order valence-electron chi connectivity index (χ3n) is 5.70. The van der Waals surface area contributed by atoms with E-state index in [1.165, 1.54) is 46.4 Å². The summed E-state index contributed by atoms with van der Waals surface area (Å²) in [4.78, 5) is 13.3. The lowest BCUT2D eigenvalue weighted by Crippen LogP contribution is -2.11. The van der Waals surface area contributed by atoms with E-state index >= 15 is 0 Å². The Bertz CT molecular complexity index is 1240. The van der Waals surface area contributed by atoms with Gasteiger partial charge in [-0.3, -0.25) is 9.48 Å². The number of carbonyl (C=O) groups excluding carboxylic acids is 1. The summed E-state index contributed by atoms with van der Waals surface area (Å²) in [5, 5.41) is 9.33. The van der Waals surface area contributed by atoms with Crippen LogP contribution in [0, 0.1) is 6.92 Å². The van der Waals surface area contributed by atoms with Crippen LogP contribution in [0.1, 0.15) is 43.9 Å². The lowest BCUT2D eigenvalue weighted by atomic mass is 10.1. The van der Waals surface area contributed by atoms with Crippen molar-refractivity contribution in [1.82, 2.24) is 9.78 Å². The molecule has 2 aromatic carbocycles. The minimum atomic E-state index is -0.153. The van der Waals surface area contributed by atoms with Gasteiger partial charge in [0.2, 0.25) is 0 Å². The van der Waals surface area contributed by atoms with Crippen LogP contribution in [0.3, 0.4) is 0 Å². The van der Waals surface area contributed by atoms with Crippen molar-refractivity contribution in [2.75, 3.05) is 5.32 Å². The highest BCUT2D eigenvalue weighted by atomic mass is 32.1. The van der Waals surface area contributed by atoms with Crippen LogP contribution in [0.2, 0.25) is 0 Å². The van der Waals surface area contributed by atoms with Crippen LogP contribution < -0.4 is 10.1 Å². The van der Waals surface area contributed by atoms with Gasteiger partial charge >= 0.3 is 0 Å². The van der Waals surface area contributed by atoms with Crippen LogP contribution in [-0.4, -0.2) is 15.7 Å². The Balaban J connectivity index is 1.16. The maximum Gasteiger partial charge on any atom is 0.266 e. The molecule has 0 saturated heterocycles. The van der Waals surface area contributed by atoms with E-state index in [1.54, 1.807) is 0 Å². The Morgan fingerprint density at radius 2 is 1.91 bits per heavy atom. The van der Waals surface area contributed by atoms with Gasteiger partial charge in [-0.15, -0.1) is 11.3 Å². The van der Waals surface area contributed by atoms with Crippen molar-refractivity contribution < 1.29 is 9.53 Å². The Labute approximate surface area is 191 Å². The van der Waals surface area contributed by atoms with Crippen LogP contribution in [0.5, 0.6) is 5.75 Å². The Kier molecular flexibility index (Phi) is 5.77. The molecule has 0 unspecified atom stereocenters. The lowest BCUT2D eigenvalue weighted by Gasteiger charge is -2.07. The number of fused-ring (bicyclic) bond motifs is 1. The summed E-state index contributed by atoms with van der Waals surface area (Å²) < 4.78 is 7.78. The van der Waals surface area contributed by atoms with Crippen LogP contribution >= 0.6 is 11.3 Å². The van der Waals surface area contributed by atoms with Crippen molar-refractivity contribution in [3.05, 3.63) is 98.9 Å². The lowest BCUT2D eigenvalue weighted by molar-refractivity contribution is 0.103. The highest BCUT2D eigenvalue weighted by Gasteiger charge is 2.13. The number of nitrogens with one attached hydrogen (secondary N) is 1. The predicted octanol–water partition coefficient (Wildman–Crippen LogP) is 5.62. The average Bonchev–Trinajstić information content (AvgIpc) is 3.54. The normalized spacial score (nSPS) is 12.5. The third-order valence-corrected chi connectivity index (χ3v) is 6.68. The van der Waals surface area contributed by atoms with Gasteiger partial charge in [0.1, 0.15) is 12.4 Å². The molecule has 4 aromatic rings. The summed E-state index contributed by atoms with van der Waals surface area (Å²) in [6.07, 6.45) is 5.41. The summed E-state index contributed by atoms with van der Waals surface area (Å²) in [6.45, 7) is 3.19. The molecule has 5 rings (SSSR count). The number of aromatic nitrogens is 2. The molecule has 0 aliphatic heterocycles. The number of hydrogen-bond acceptors (Lipinski definition) is 4. The van der Waals surface area contributed by atoms with Crippen LogP contribution in [-0.2, 0) is 26.0 Å². The minimum Gasteiger partial charge on any atom is -0.489 e. The molecule has 0 fully saturated rings. The molecule has 32 heavy (non-hydrogen) atoms. The van der Waals surface area contributed by atoms with Gasteiger partial charge in [-0.25, -0.2) is 0 Å². The van der Waals surface area contributed by atoms with Gasteiger partial charge in [0.15, 0.2) is 5.82 Å². The summed E-state index contributed by atoms with van der Waals surface area (Å²) in [5.41, 5.74) is 6.23. The highest BCUT2D eigenvalue weighted by Crippen LogP contribution is 2.27. The zero-order valence-electron chi connectivity index (χ0n) is 18.0. The number of ether oxygens (including phenoxy) is 1. The maximum absolute atomic E-state index is 12.6. The number of hydrogen-bond donors (Lipinski definition) is 1. The monoisotopic (exact) mass is 443 g/mol. The summed E-state index contributed by atoms with van der Waals surface area (Å²) in [7, 11) is 0. The van der Waals surface area contributed by atoms with Gasteiger partial charge in [0.25, 0.3) is 5.91 Å². The smallest absolute Gasteiger partial charge is 0.266 e. The molecule has 0 bridgehead atoms. The van der Waals surface area contributed by atoms with Gasteiger partial charge in [-0.1, -0.05) is 35.9 Å². The Morgan fingerprint density at radius 1 is 1.06 bits per heavy atom. The predicted molar refractivity (Wildman–Crippen MR) is 128 cm³/mol. The van der Waals surface area contributed by atoms with E-state index < -0.39 is 0 Å². The zero-order valence-corrected chi connectivity index (χ0v) is 18.8. The summed E-state index contributed by atoms with van der Waals surface area (Å²) in [6, 6.07) is 18.4. The highest BCUT2D eigenvalue weighted by molar-refractivity contribution is 7.12. The first-order valence-corrected chi connectivity index (χ1v) is 11.7. The molecule has 0 atom stereocenters. The topological polar surface area (TPSA) is 56.2 Å². The molecular formula is C26H25N3O2S. The SMILES string of the molecule is Cc1ccc(Cn2ccc(NC(=O)c3cc(COc4ccc5c(c4)CCC5)cs3)n2)cc1. The van der Waals surface area contributed by atoms with Crippen LogP contribution in [0.15, 0.2) is 66.2 Å². The standard InChI is InChI=1S/C26H25N3O2S/c1-18-5-7-19(8-6-18)15-29-12-11-25(28-29)27-26(30)24-13-20(17-32-24)16-31-23-10-9-21-3-2-4-22(21)14-23/h5-14,17H,2-4,15-16H2,1H3,(H,27,28,30). The quantitative estimate of drug-likeness (QED) is 0.403. The summed E-state index contributed by atoms with van der Waals surface area (Å²) in [5.74, 6) is 1.28. The van der Waals surface area contributed by atoms with E-state index in [2.05, 4.69) is 53.7 Å². The third kappa shape index (κ3) is 4.75. The van der Waals surface area contributed by atoms with E-state index in [0.29, 0.717) is 23.8 Å². The van der Waals surface area contributed by atoms with Gasteiger partial charge < -0.3 is 10.1 Å². The molecule has 2 heterocycles. The molecule has 6 heteroatoms. The number of aryl methyl sites for hydroxylation is 3. The fourth-order valence-electron chi connectivity index (χ4n) is 3.95. The van der Waals surface area contributed by atoms with Gasteiger partial charge in [0, 0.05) is 17.8 Å². The van der Waals surface area contributed by atoms with Gasteiger partial charge in [0.05, 0.1) is 11.4 Å². The van der Waals surface area contributed by atoms with E-state index in [9.17, 15) is 4.79 Å². The van der Waals surface area contributed by atoms with Crippen molar-refractivity contribution in [2.45, 2.75) is 39.3 Å². The molecule has 1 aliphatic rings. The number of rotatable bonds is 7. The second-order valence-electron chi connectivity index (χ2n) is 8.23. The van der Waals surface area contributed by atoms with Gasteiger partial charge in [-0.2, -0.15) is 5.10 Å². The average molecular weight is 444 g/mol. The largest absolute Gasteiger partial charge is 0.489 e. The molecule has 0 spiro atoms. The van der Waals surface area contributed by atoms with Gasteiger partial charge in [-0.05, 0) is 66.5 Å². The van der Waals surface area contributed by atoms with Crippen LogP contribution in [0.25, 0.3) is 0 Å². The first-order valence-electron chi connectivity index (χ1n) is 10.8. The van der Waals surface area contributed by atoms with E-state index in [4.69, 9.17) is 4.74 Å². The molecule has 162 valence electrons. The van der Waals surface area contributed by atoms with Crippen molar-refractivity contribution in [2.24, 2.45) is 0 Å². The Morgan fingerprint density at radius 3 is 2.78 bits per heavy atom. The molecule has 0 saturated carbocycles. The minimum absolute atomic E-state index is 0.153. The van der Waals surface area contributed by atoms with Crippen LogP contribution in [0.4, 0.5) is 5.82 Å². The number of benzene rings is 2.